The van der Waals surface area contributed by atoms with Gasteiger partial charge in [-0.15, -0.1) is 0 Å². The number of aliphatic imine (C=N–C) groups is 1. The molecule has 0 aromatic carbocycles. The molecule has 0 amide bonds. The summed E-state index contributed by atoms with van der Waals surface area (Å²) in [6.07, 6.45) is 1.22. The summed E-state index contributed by atoms with van der Waals surface area (Å²) < 4.78 is 0. The molecule has 0 N–H and O–H groups in total. The number of hydrogen-bond donors (Lipinski definition) is 0. The minimum atomic E-state index is -0.880. The Labute approximate surface area is 96.2 Å². The SMILES string of the molecule is CN(C)C(=NCCC[Si](C)(C)C)N(C)C. The van der Waals surface area contributed by atoms with E-state index in [0.717, 1.165) is 12.5 Å². The molecule has 0 saturated carbocycles. The highest BCUT2D eigenvalue weighted by Crippen LogP contribution is 2.10. The summed E-state index contributed by atoms with van der Waals surface area (Å²) in [4.78, 5) is 8.74. The lowest BCUT2D eigenvalue weighted by atomic mass is 10.5. The fourth-order valence-corrected chi connectivity index (χ4v) is 2.69. The van der Waals surface area contributed by atoms with E-state index in [1.54, 1.807) is 0 Å². The van der Waals surface area contributed by atoms with Gasteiger partial charge < -0.3 is 9.80 Å². The van der Waals surface area contributed by atoms with E-state index < -0.39 is 8.07 Å². The van der Waals surface area contributed by atoms with Crippen LogP contribution in [0.15, 0.2) is 4.99 Å². The predicted octanol–water partition coefficient (Wildman–Crippen LogP) is 2.19. The van der Waals surface area contributed by atoms with E-state index in [4.69, 9.17) is 0 Å². The lowest BCUT2D eigenvalue weighted by Crippen LogP contribution is -2.35. The highest BCUT2D eigenvalue weighted by atomic mass is 28.3. The molecule has 0 aromatic heterocycles. The largest absolute Gasteiger partial charge is 0.349 e. The maximum atomic E-state index is 4.62. The van der Waals surface area contributed by atoms with Crippen LogP contribution < -0.4 is 0 Å². The average Bonchev–Trinajstić information content (AvgIpc) is 2.00. The van der Waals surface area contributed by atoms with Crippen molar-refractivity contribution < 1.29 is 0 Å². The van der Waals surface area contributed by atoms with Gasteiger partial charge in [-0.25, -0.2) is 0 Å². The summed E-state index contributed by atoms with van der Waals surface area (Å²) in [7, 11) is 7.28. The molecule has 0 heterocycles. The Kier molecular flexibility index (Phi) is 5.94. The Morgan fingerprint density at radius 1 is 1.00 bits per heavy atom. The Morgan fingerprint density at radius 3 is 1.80 bits per heavy atom. The van der Waals surface area contributed by atoms with E-state index in [1.165, 1.54) is 12.5 Å². The van der Waals surface area contributed by atoms with Crippen LogP contribution >= 0.6 is 0 Å². The molecule has 0 saturated heterocycles. The van der Waals surface area contributed by atoms with E-state index in [-0.39, 0.29) is 0 Å². The van der Waals surface area contributed by atoms with Crippen LogP contribution in [-0.4, -0.2) is 58.6 Å². The first-order chi connectivity index (χ1) is 6.74. The molecule has 0 radical (unpaired) electrons. The lowest BCUT2D eigenvalue weighted by Gasteiger charge is -2.23. The Hall–Kier alpha value is -0.513. The van der Waals surface area contributed by atoms with Crippen LogP contribution in [0.25, 0.3) is 0 Å². The van der Waals surface area contributed by atoms with Crippen LogP contribution in [0.2, 0.25) is 25.7 Å². The highest BCUT2D eigenvalue weighted by Gasteiger charge is 2.11. The second-order valence-corrected chi connectivity index (χ2v) is 11.3. The molecule has 0 atom stereocenters. The molecular weight excluding hydrogens is 202 g/mol. The third kappa shape index (κ3) is 7.42. The van der Waals surface area contributed by atoms with Gasteiger partial charge >= 0.3 is 0 Å². The van der Waals surface area contributed by atoms with Crippen molar-refractivity contribution in [3.63, 3.8) is 0 Å². The molecule has 15 heavy (non-hydrogen) atoms. The summed E-state index contributed by atoms with van der Waals surface area (Å²) >= 11 is 0. The number of hydrogen-bond acceptors (Lipinski definition) is 1. The third-order valence-electron chi connectivity index (χ3n) is 2.14. The third-order valence-corrected chi connectivity index (χ3v) is 3.99. The monoisotopic (exact) mass is 229 g/mol. The van der Waals surface area contributed by atoms with Gasteiger partial charge in [-0.2, -0.15) is 0 Å². The van der Waals surface area contributed by atoms with Crippen LogP contribution in [0, 0.1) is 0 Å². The van der Waals surface area contributed by atoms with Crippen molar-refractivity contribution >= 4 is 14.0 Å². The maximum absolute atomic E-state index is 4.62. The first-order valence-corrected chi connectivity index (χ1v) is 9.34. The van der Waals surface area contributed by atoms with Crippen LogP contribution in [-0.2, 0) is 0 Å². The topological polar surface area (TPSA) is 18.8 Å². The molecule has 0 unspecified atom stereocenters. The molecule has 0 spiro atoms. The van der Waals surface area contributed by atoms with Gasteiger partial charge in [0.2, 0.25) is 0 Å². The molecule has 0 fully saturated rings. The minimum Gasteiger partial charge on any atom is -0.349 e. The first-order valence-electron chi connectivity index (χ1n) is 5.63. The predicted molar refractivity (Wildman–Crippen MR) is 72.4 cm³/mol. The fraction of sp³-hybridized carbons (Fsp3) is 0.909. The van der Waals surface area contributed by atoms with Gasteiger partial charge in [-0.05, 0) is 6.42 Å². The van der Waals surface area contributed by atoms with Crippen molar-refractivity contribution in [3.8, 4) is 0 Å². The fourth-order valence-electron chi connectivity index (χ4n) is 1.47. The zero-order valence-corrected chi connectivity index (χ0v) is 12.5. The number of guanidine groups is 1. The highest BCUT2D eigenvalue weighted by molar-refractivity contribution is 6.76. The van der Waals surface area contributed by atoms with Crippen molar-refractivity contribution in [1.29, 1.82) is 0 Å². The molecule has 0 aliphatic rings. The average molecular weight is 229 g/mol. The maximum Gasteiger partial charge on any atom is 0.195 e. The van der Waals surface area contributed by atoms with Gasteiger partial charge in [-0.1, -0.05) is 25.7 Å². The molecule has 0 aliphatic carbocycles. The Balaban J connectivity index is 4.02. The number of nitrogens with zero attached hydrogens (tertiary/aromatic N) is 3. The van der Waals surface area contributed by atoms with Gasteiger partial charge in [0.05, 0.1) is 0 Å². The van der Waals surface area contributed by atoms with E-state index in [9.17, 15) is 0 Å². The zero-order valence-electron chi connectivity index (χ0n) is 11.5. The quantitative estimate of drug-likeness (QED) is 0.318. The van der Waals surface area contributed by atoms with E-state index in [1.807, 2.05) is 28.2 Å². The molecule has 0 bridgehead atoms. The summed E-state index contributed by atoms with van der Waals surface area (Å²) in [6, 6.07) is 1.37. The van der Waals surface area contributed by atoms with Crippen LogP contribution in [0.1, 0.15) is 6.42 Å². The van der Waals surface area contributed by atoms with Crippen molar-refractivity contribution in [1.82, 2.24) is 9.80 Å². The smallest absolute Gasteiger partial charge is 0.195 e. The lowest BCUT2D eigenvalue weighted by molar-refractivity contribution is 0.479. The molecule has 0 aliphatic heterocycles. The van der Waals surface area contributed by atoms with Gasteiger partial charge in [0.1, 0.15) is 0 Å². The minimum absolute atomic E-state index is 0.880. The molecule has 0 aromatic rings. The van der Waals surface area contributed by atoms with Gasteiger partial charge in [0, 0.05) is 42.8 Å². The second kappa shape index (κ2) is 6.15. The first kappa shape index (κ1) is 14.5. The number of rotatable bonds is 4. The Bertz CT molecular complexity index is 194. The Morgan fingerprint density at radius 2 is 1.47 bits per heavy atom. The van der Waals surface area contributed by atoms with Crippen molar-refractivity contribution in [2.45, 2.75) is 32.1 Å². The molecular formula is C11H27N3Si. The zero-order chi connectivity index (χ0) is 12.1. The van der Waals surface area contributed by atoms with E-state index in [2.05, 4.69) is 34.4 Å². The van der Waals surface area contributed by atoms with E-state index >= 15 is 0 Å². The van der Waals surface area contributed by atoms with Crippen LogP contribution in [0.5, 0.6) is 0 Å². The van der Waals surface area contributed by atoms with Crippen LogP contribution in [0.4, 0.5) is 0 Å². The van der Waals surface area contributed by atoms with Crippen molar-refractivity contribution in [3.05, 3.63) is 0 Å². The van der Waals surface area contributed by atoms with Gasteiger partial charge in [0.15, 0.2) is 5.96 Å². The van der Waals surface area contributed by atoms with Crippen molar-refractivity contribution in [2.75, 3.05) is 34.7 Å². The molecule has 0 rings (SSSR count). The summed E-state index contributed by atoms with van der Waals surface area (Å²) in [5.41, 5.74) is 0. The summed E-state index contributed by atoms with van der Waals surface area (Å²) in [5, 5.41) is 0. The van der Waals surface area contributed by atoms with E-state index in [0.29, 0.717) is 0 Å². The van der Waals surface area contributed by atoms with Crippen LogP contribution in [0.3, 0.4) is 0 Å². The van der Waals surface area contributed by atoms with Crippen molar-refractivity contribution in [2.24, 2.45) is 4.99 Å². The molecule has 4 heteroatoms. The summed E-state index contributed by atoms with van der Waals surface area (Å²) in [6.45, 7) is 8.19. The second-order valence-electron chi connectivity index (χ2n) is 5.63. The molecule has 3 nitrogen and oxygen atoms in total. The van der Waals surface area contributed by atoms with Gasteiger partial charge in [0.25, 0.3) is 0 Å². The standard InChI is InChI=1S/C11H27N3Si/c1-13(2)11(14(3)4)12-9-8-10-15(5,6)7/h8-10H2,1-7H3. The molecule has 90 valence electrons. The van der Waals surface area contributed by atoms with Gasteiger partial charge in [-0.3, -0.25) is 4.99 Å². The normalized spacial score (nSPS) is 11.1. The summed E-state index contributed by atoms with van der Waals surface area (Å²) in [5.74, 6) is 1.06.